The molecule has 1 aromatic heterocycles. The summed E-state index contributed by atoms with van der Waals surface area (Å²) in [6.07, 6.45) is 0. The Labute approximate surface area is 136 Å². The largest absolute Gasteiger partial charge is 0.430 e. The van der Waals surface area contributed by atoms with E-state index in [0.717, 1.165) is 32.9 Å². The van der Waals surface area contributed by atoms with E-state index in [1.165, 1.54) is 11.3 Å². The molecule has 0 saturated carbocycles. The Kier molecular flexibility index (Phi) is 6.10. The number of ether oxygens (including phenoxy) is 2. The van der Waals surface area contributed by atoms with Crippen LogP contribution in [0.5, 0.6) is 10.9 Å². The molecular formula is C14H18BrN3O2S. The summed E-state index contributed by atoms with van der Waals surface area (Å²) in [5, 5.41) is 12.8. The van der Waals surface area contributed by atoms with Gasteiger partial charge in [0.1, 0.15) is 10.8 Å². The predicted molar refractivity (Wildman–Crippen MR) is 87.2 cm³/mol. The third kappa shape index (κ3) is 4.74. The number of hydrogen-bond donors (Lipinski definition) is 1. The van der Waals surface area contributed by atoms with Crippen molar-refractivity contribution in [2.75, 3.05) is 20.3 Å². The van der Waals surface area contributed by atoms with Crippen LogP contribution in [-0.4, -0.2) is 30.5 Å². The van der Waals surface area contributed by atoms with Gasteiger partial charge in [-0.05, 0) is 37.1 Å². The molecule has 0 radical (unpaired) electrons. The Hall–Kier alpha value is -1.02. The number of benzene rings is 1. The van der Waals surface area contributed by atoms with Gasteiger partial charge in [0.05, 0.1) is 6.61 Å². The highest BCUT2D eigenvalue weighted by molar-refractivity contribution is 9.10. The van der Waals surface area contributed by atoms with Crippen molar-refractivity contribution in [2.45, 2.75) is 20.4 Å². The van der Waals surface area contributed by atoms with Crippen LogP contribution in [0.15, 0.2) is 16.6 Å². The van der Waals surface area contributed by atoms with Crippen LogP contribution in [0.25, 0.3) is 0 Å². The maximum Gasteiger partial charge on any atom is 0.299 e. The number of hydrogen-bond acceptors (Lipinski definition) is 6. The van der Waals surface area contributed by atoms with Crippen LogP contribution in [0.1, 0.15) is 16.1 Å². The first-order valence-electron chi connectivity index (χ1n) is 6.56. The van der Waals surface area contributed by atoms with Crippen LogP contribution < -0.4 is 10.1 Å². The van der Waals surface area contributed by atoms with Gasteiger partial charge in [0.15, 0.2) is 0 Å². The molecule has 2 aromatic rings. The number of nitrogens with one attached hydrogen (secondary N) is 1. The molecule has 1 N–H and O–H groups in total. The summed E-state index contributed by atoms with van der Waals surface area (Å²) in [5.74, 6) is 0.781. The van der Waals surface area contributed by atoms with Gasteiger partial charge in [-0.1, -0.05) is 32.4 Å². The third-order valence-corrected chi connectivity index (χ3v) is 4.87. The molecule has 5 nitrogen and oxygen atoms in total. The lowest BCUT2D eigenvalue weighted by atomic mass is 10.1. The second-order valence-electron chi connectivity index (χ2n) is 4.60. The Morgan fingerprint density at radius 1 is 1.24 bits per heavy atom. The monoisotopic (exact) mass is 371 g/mol. The van der Waals surface area contributed by atoms with Crippen molar-refractivity contribution >= 4 is 27.3 Å². The zero-order chi connectivity index (χ0) is 15.2. The van der Waals surface area contributed by atoms with E-state index in [-0.39, 0.29) is 0 Å². The standard InChI is InChI=1S/C14H18BrN3O2S/c1-9-6-11(7-10(2)13(9)15)20-14-18-17-12(21-14)8-16-4-5-19-3/h6-7,16H,4-5,8H2,1-3H3. The summed E-state index contributed by atoms with van der Waals surface area (Å²) >= 11 is 4.99. The van der Waals surface area contributed by atoms with Gasteiger partial charge in [0.2, 0.25) is 0 Å². The van der Waals surface area contributed by atoms with Crippen LogP contribution in [0.3, 0.4) is 0 Å². The van der Waals surface area contributed by atoms with E-state index >= 15 is 0 Å². The lowest BCUT2D eigenvalue weighted by Crippen LogP contribution is -2.18. The quantitative estimate of drug-likeness (QED) is 0.755. The number of aromatic nitrogens is 2. The minimum Gasteiger partial charge on any atom is -0.430 e. The molecule has 21 heavy (non-hydrogen) atoms. The van der Waals surface area contributed by atoms with Crippen molar-refractivity contribution in [3.05, 3.63) is 32.7 Å². The first-order valence-corrected chi connectivity index (χ1v) is 8.17. The van der Waals surface area contributed by atoms with E-state index in [2.05, 4.69) is 31.4 Å². The van der Waals surface area contributed by atoms with E-state index in [0.29, 0.717) is 18.3 Å². The van der Waals surface area contributed by atoms with Gasteiger partial charge in [-0.15, -0.1) is 5.10 Å². The highest BCUT2D eigenvalue weighted by atomic mass is 79.9. The summed E-state index contributed by atoms with van der Waals surface area (Å²) in [6, 6.07) is 3.96. The average Bonchev–Trinajstić information content (AvgIpc) is 2.88. The van der Waals surface area contributed by atoms with Crippen LogP contribution in [0, 0.1) is 13.8 Å². The van der Waals surface area contributed by atoms with Gasteiger partial charge in [-0.25, -0.2) is 0 Å². The molecule has 0 fully saturated rings. The maximum atomic E-state index is 5.77. The number of methoxy groups -OCH3 is 1. The van der Waals surface area contributed by atoms with Crippen LogP contribution >= 0.6 is 27.3 Å². The molecule has 0 bridgehead atoms. The summed E-state index contributed by atoms with van der Waals surface area (Å²) < 4.78 is 11.9. The lowest BCUT2D eigenvalue weighted by molar-refractivity contribution is 0.199. The van der Waals surface area contributed by atoms with Gasteiger partial charge in [-0.2, -0.15) is 0 Å². The second kappa shape index (κ2) is 7.84. The van der Waals surface area contributed by atoms with Gasteiger partial charge in [0, 0.05) is 24.7 Å². The molecule has 0 spiro atoms. The smallest absolute Gasteiger partial charge is 0.299 e. The molecule has 1 aromatic carbocycles. The molecule has 0 amide bonds. The first-order chi connectivity index (χ1) is 10.1. The lowest BCUT2D eigenvalue weighted by Gasteiger charge is -2.07. The zero-order valence-electron chi connectivity index (χ0n) is 12.3. The van der Waals surface area contributed by atoms with Gasteiger partial charge >= 0.3 is 0 Å². The molecular weight excluding hydrogens is 354 g/mol. The minimum absolute atomic E-state index is 0.555. The van der Waals surface area contributed by atoms with Crippen molar-refractivity contribution in [3.63, 3.8) is 0 Å². The Morgan fingerprint density at radius 2 is 1.95 bits per heavy atom. The fourth-order valence-electron chi connectivity index (χ4n) is 1.79. The Balaban J connectivity index is 1.96. The second-order valence-corrected chi connectivity index (χ2v) is 6.42. The highest BCUT2D eigenvalue weighted by Gasteiger charge is 2.08. The fraction of sp³-hybridized carbons (Fsp3) is 0.429. The van der Waals surface area contributed by atoms with Crippen LogP contribution in [-0.2, 0) is 11.3 Å². The highest BCUT2D eigenvalue weighted by Crippen LogP contribution is 2.30. The topological polar surface area (TPSA) is 56.3 Å². The number of rotatable bonds is 7. The normalized spacial score (nSPS) is 10.9. The Morgan fingerprint density at radius 3 is 2.62 bits per heavy atom. The molecule has 0 aliphatic carbocycles. The molecule has 7 heteroatoms. The molecule has 114 valence electrons. The van der Waals surface area contributed by atoms with Gasteiger partial charge in [-0.3, -0.25) is 0 Å². The van der Waals surface area contributed by atoms with E-state index < -0.39 is 0 Å². The minimum atomic E-state index is 0.555. The number of nitrogens with zero attached hydrogens (tertiary/aromatic N) is 2. The predicted octanol–water partition coefficient (Wildman–Crippen LogP) is 3.45. The third-order valence-electron chi connectivity index (χ3n) is 2.82. The molecule has 0 aliphatic rings. The molecule has 2 rings (SSSR count). The van der Waals surface area contributed by atoms with Crippen molar-refractivity contribution in [1.82, 2.24) is 15.5 Å². The van der Waals surface area contributed by atoms with Gasteiger partial charge < -0.3 is 14.8 Å². The summed E-state index contributed by atoms with van der Waals surface area (Å²) in [7, 11) is 1.68. The maximum absolute atomic E-state index is 5.77. The van der Waals surface area contributed by atoms with Crippen molar-refractivity contribution in [3.8, 4) is 10.9 Å². The summed E-state index contributed by atoms with van der Waals surface area (Å²) in [4.78, 5) is 0. The SMILES string of the molecule is COCCNCc1nnc(Oc2cc(C)c(Br)c(C)c2)s1. The van der Waals surface area contributed by atoms with Crippen molar-refractivity contribution in [1.29, 1.82) is 0 Å². The number of aryl methyl sites for hydroxylation is 2. The van der Waals surface area contributed by atoms with Crippen molar-refractivity contribution < 1.29 is 9.47 Å². The molecule has 0 aliphatic heterocycles. The fourth-order valence-corrected chi connectivity index (χ4v) is 2.69. The van der Waals surface area contributed by atoms with Crippen LogP contribution in [0.2, 0.25) is 0 Å². The van der Waals surface area contributed by atoms with Gasteiger partial charge in [0.25, 0.3) is 5.19 Å². The zero-order valence-corrected chi connectivity index (χ0v) is 14.7. The van der Waals surface area contributed by atoms with E-state index in [1.54, 1.807) is 7.11 Å². The molecule has 1 heterocycles. The average molecular weight is 372 g/mol. The van der Waals surface area contributed by atoms with Crippen molar-refractivity contribution in [2.24, 2.45) is 0 Å². The van der Waals surface area contributed by atoms with E-state index in [9.17, 15) is 0 Å². The Bertz CT molecular complexity index is 581. The molecule has 0 atom stereocenters. The number of halogens is 1. The molecule has 0 saturated heterocycles. The summed E-state index contributed by atoms with van der Waals surface area (Å²) in [5.41, 5.74) is 2.27. The van der Waals surface area contributed by atoms with Crippen LogP contribution in [0.4, 0.5) is 0 Å². The summed E-state index contributed by atoms with van der Waals surface area (Å²) in [6.45, 7) is 6.21. The molecule has 0 unspecified atom stereocenters. The van der Waals surface area contributed by atoms with E-state index in [1.807, 2.05) is 26.0 Å². The van der Waals surface area contributed by atoms with E-state index in [4.69, 9.17) is 9.47 Å². The first kappa shape index (κ1) is 16.4.